The Bertz CT molecular complexity index is 521. The summed E-state index contributed by atoms with van der Waals surface area (Å²) in [5, 5.41) is 0. The van der Waals surface area contributed by atoms with Gasteiger partial charge in [0, 0.05) is 0 Å². The van der Waals surface area contributed by atoms with Gasteiger partial charge in [0.1, 0.15) is 0 Å². The van der Waals surface area contributed by atoms with E-state index in [0.29, 0.717) is 26.4 Å². The SMILES string of the molecule is C[Si](C)(C)OC(COCc1ccccc1)COCc1ccccc1. The summed E-state index contributed by atoms with van der Waals surface area (Å²) < 4.78 is 17.9. The van der Waals surface area contributed by atoms with E-state index < -0.39 is 8.32 Å². The summed E-state index contributed by atoms with van der Waals surface area (Å²) >= 11 is 0. The van der Waals surface area contributed by atoms with E-state index in [-0.39, 0.29) is 6.10 Å². The molecule has 0 heterocycles. The molecule has 0 saturated carbocycles. The highest BCUT2D eigenvalue weighted by molar-refractivity contribution is 6.69. The van der Waals surface area contributed by atoms with Gasteiger partial charge in [-0.25, -0.2) is 0 Å². The molecule has 2 rings (SSSR count). The van der Waals surface area contributed by atoms with Crippen LogP contribution < -0.4 is 0 Å². The predicted molar refractivity (Wildman–Crippen MR) is 100 cm³/mol. The molecule has 0 radical (unpaired) electrons. The fourth-order valence-corrected chi connectivity index (χ4v) is 3.52. The first-order valence-electron chi connectivity index (χ1n) is 8.44. The van der Waals surface area contributed by atoms with Gasteiger partial charge in [-0.15, -0.1) is 0 Å². The highest BCUT2D eigenvalue weighted by atomic mass is 28.4. The van der Waals surface area contributed by atoms with Crippen molar-refractivity contribution < 1.29 is 13.9 Å². The second-order valence-electron chi connectivity index (χ2n) is 6.85. The molecule has 3 nitrogen and oxygen atoms in total. The molecule has 0 aliphatic heterocycles. The van der Waals surface area contributed by atoms with Crippen LogP contribution in [0.4, 0.5) is 0 Å². The van der Waals surface area contributed by atoms with Crippen LogP contribution in [-0.2, 0) is 27.1 Å². The van der Waals surface area contributed by atoms with E-state index in [1.54, 1.807) is 0 Å². The Hall–Kier alpha value is -1.46. The molecule has 24 heavy (non-hydrogen) atoms. The third-order valence-corrected chi connectivity index (χ3v) is 4.39. The molecule has 0 N–H and O–H groups in total. The Morgan fingerprint density at radius 3 is 1.50 bits per heavy atom. The molecule has 0 saturated heterocycles. The molecule has 2 aromatic carbocycles. The molecule has 0 aliphatic carbocycles. The summed E-state index contributed by atoms with van der Waals surface area (Å²) in [4.78, 5) is 0. The first-order valence-corrected chi connectivity index (χ1v) is 11.8. The van der Waals surface area contributed by atoms with E-state index in [9.17, 15) is 0 Å². The van der Waals surface area contributed by atoms with Gasteiger partial charge in [-0.2, -0.15) is 0 Å². The molecule has 0 aromatic heterocycles. The highest BCUT2D eigenvalue weighted by Crippen LogP contribution is 2.11. The van der Waals surface area contributed by atoms with Gasteiger partial charge in [0.2, 0.25) is 0 Å². The van der Waals surface area contributed by atoms with Gasteiger partial charge in [-0.05, 0) is 30.8 Å². The van der Waals surface area contributed by atoms with Gasteiger partial charge in [-0.1, -0.05) is 60.7 Å². The van der Waals surface area contributed by atoms with Crippen LogP contribution in [0.3, 0.4) is 0 Å². The Balaban J connectivity index is 1.78. The van der Waals surface area contributed by atoms with Crippen LogP contribution in [0.5, 0.6) is 0 Å². The summed E-state index contributed by atoms with van der Waals surface area (Å²) in [6.45, 7) is 8.87. The lowest BCUT2D eigenvalue weighted by atomic mass is 10.2. The van der Waals surface area contributed by atoms with Crippen molar-refractivity contribution in [2.45, 2.75) is 39.0 Å². The lowest BCUT2D eigenvalue weighted by Crippen LogP contribution is -2.37. The molecule has 0 spiro atoms. The molecule has 0 fully saturated rings. The second kappa shape index (κ2) is 9.74. The molecule has 130 valence electrons. The number of benzene rings is 2. The molecule has 0 atom stereocenters. The lowest BCUT2D eigenvalue weighted by molar-refractivity contribution is -0.0191. The quantitative estimate of drug-likeness (QED) is 0.588. The normalized spacial score (nSPS) is 11.8. The minimum absolute atomic E-state index is 0.0240. The first-order chi connectivity index (χ1) is 11.5. The Morgan fingerprint density at radius 1 is 0.708 bits per heavy atom. The van der Waals surface area contributed by atoms with Crippen LogP contribution >= 0.6 is 0 Å². The van der Waals surface area contributed by atoms with Crippen molar-refractivity contribution >= 4 is 8.32 Å². The second-order valence-corrected chi connectivity index (χ2v) is 11.3. The van der Waals surface area contributed by atoms with Crippen molar-refractivity contribution in [3.05, 3.63) is 71.8 Å². The van der Waals surface area contributed by atoms with Crippen molar-refractivity contribution in [2.24, 2.45) is 0 Å². The topological polar surface area (TPSA) is 27.7 Å². The van der Waals surface area contributed by atoms with Gasteiger partial charge in [-0.3, -0.25) is 0 Å². The molecular formula is C20H28O3Si. The summed E-state index contributed by atoms with van der Waals surface area (Å²) in [6.07, 6.45) is -0.0240. The maximum atomic E-state index is 6.20. The summed E-state index contributed by atoms with van der Waals surface area (Å²) in [7, 11) is -1.64. The number of hydrogen-bond acceptors (Lipinski definition) is 3. The van der Waals surface area contributed by atoms with Gasteiger partial charge < -0.3 is 13.9 Å². The van der Waals surface area contributed by atoms with E-state index >= 15 is 0 Å². The first kappa shape index (κ1) is 18.9. The third-order valence-electron chi connectivity index (χ3n) is 3.35. The minimum atomic E-state index is -1.64. The van der Waals surface area contributed by atoms with Gasteiger partial charge in [0.05, 0.1) is 32.5 Å². The minimum Gasteiger partial charge on any atom is -0.410 e. The van der Waals surface area contributed by atoms with Crippen molar-refractivity contribution in [3.63, 3.8) is 0 Å². The zero-order chi connectivity index (χ0) is 17.3. The van der Waals surface area contributed by atoms with E-state index in [1.807, 2.05) is 36.4 Å². The Labute approximate surface area is 146 Å². The number of rotatable bonds is 10. The van der Waals surface area contributed by atoms with Crippen LogP contribution in [0.15, 0.2) is 60.7 Å². The Kier molecular flexibility index (Phi) is 7.66. The molecular weight excluding hydrogens is 316 g/mol. The molecule has 0 unspecified atom stereocenters. The highest BCUT2D eigenvalue weighted by Gasteiger charge is 2.21. The van der Waals surface area contributed by atoms with E-state index in [2.05, 4.69) is 43.9 Å². The van der Waals surface area contributed by atoms with Crippen LogP contribution in [0, 0.1) is 0 Å². The zero-order valence-corrected chi connectivity index (χ0v) is 15.9. The number of hydrogen-bond donors (Lipinski definition) is 0. The van der Waals surface area contributed by atoms with Crippen LogP contribution in [-0.4, -0.2) is 27.6 Å². The predicted octanol–water partition coefficient (Wildman–Crippen LogP) is 4.64. The van der Waals surface area contributed by atoms with Crippen LogP contribution in [0.25, 0.3) is 0 Å². The summed E-state index contributed by atoms with van der Waals surface area (Å²) in [5.74, 6) is 0. The van der Waals surface area contributed by atoms with E-state index in [0.717, 1.165) is 0 Å². The van der Waals surface area contributed by atoms with Crippen LogP contribution in [0.2, 0.25) is 19.6 Å². The molecule has 0 aliphatic rings. The molecule has 4 heteroatoms. The summed E-state index contributed by atoms with van der Waals surface area (Å²) in [6, 6.07) is 20.4. The van der Waals surface area contributed by atoms with Crippen molar-refractivity contribution in [3.8, 4) is 0 Å². The maximum absolute atomic E-state index is 6.20. The van der Waals surface area contributed by atoms with E-state index in [4.69, 9.17) is 13.9 Å². The fraction of sp³-hybridized carbons (Fsp3) is 0.400. The standard InChI is InChI=1S/C20H28O3Si/c1-24(2,3)23-20(16-21-14-18-10-6-4-7-11-18)17-22-15-19-12-8-5-9-13-19/h4-13,20H,14-17H2,1-3H3. The molecule has 0 bridgehead atoms. The number of ether oxygens (including phenoxy) is 2. The van der Waals surface area contributed by atoms with Gasteiger partial charge in [0.15, 0.2) is 8.32 Å². The van der Waals surface area contributed by atoms with Gasteiger partial charge in [0.25, 0.3) is 0 Å². The largest absolute Gasteiger partial charge is 0.410 e. The van der Waals surface area contributed by atoms with Crippen molar-refractivity contribution in [1.82, 2.24) is 0 Å². The average molecular weight is 345 g/mol. The van der Waals surface area contributed by atoms with Crippen molar-refractivity contribution in [1.29, 1.82) is 0 Å². The molecule has 0 amide bonds. The average Bonchev–Trinajstić information content (AvgIpc) is 2.55. The smallest absolute Gasteiger partial charge is 0.184 e. The van der Waals surface area contributed by atoms with Crippen molar-refractivity contribution in [2.75, 3.05) is 13.2 Å². The Morgan fingerprint density at radius 2 is 1.12 bits per heavy atom. The van der Waals surface area contributed by atoms with Crippen LogP contribution in [0.1, 0.15) is 11.1 Å². The van der Waals surface area contributed by atoms with E-state index in [1.165, 1.54) is 11.1 Å². The van der Waals surface area contributed by atoms with Gasteiger partial charge >= 0.3 is 0 Å². The third kappa shape index (κ3) is 7.88. The zero-order valence-electron chi connectivity index (χ0n) is 14.9. The maximum Gasteiger partial charge on any atom is 0.184 e. The lowest BCUT2D eigenvalue weighted by Gasteiger charge is -2.26. The monoisotopic (exact) mass is 344 g/mol. The molecule has 2 aromatic rings. The fourth-order valence-electron chi connectivity index (χ4n) is 2.38. The summed E-state index contributed by atoms with van der Waals surface area (Å²) in [5.41, 5.74) is 2.35.